The van der Waals surface area contributed by atoms with Crippen molar-refractivity contribution >= 4 is 68.6 Å². The molecule has 0 amide bonds. The van der Waals surface area contributed by atoms with Crippen LogP contribution in [0, 0.1) is 7.14 Å². The third kappa shape index (κ3) is 7.07. The molecule has 0 radical (unpaired) electrons. The molecule has 0 fully saturated rings. The lowest BCUT2D eigenvalue weighted by molar-refractivity contribution is -0.139. The predicted molar refractivity (Wildman–Crippen MR) is 185 cm³/mol. The Morgan fingerprint density at radius 1 is 1.07 bits per heavy atom. The summed E-state index contributed by atoms with van der Waals surface area (Å²) in [6.45, 7) is 8.09. The highest BCUT2D eigenvalue weighted by Crippen LogP contribution is 2.36. The summed E-state index contributed by atoms with van der Waals surface area (Å²) < 4.78 is 21.8. The molecule has 0 unspecified atom stereocenters. The van der Waals surface area contributed by atoms with Crippen LogP contribution in [0.2, 0.25) is 0 Å². The van der Waals surface area contributed by atoms with Crippen molar-refractivity contribution in [3.05, 3.63) is 122 Å². The fourth-order valence-corrected chi connectivity index (χ4v) is 6.87. The monoisotopic (exact) mass is 820 g/mol. The van der Waals surface area contributed by atoms with Gasteiger partial charge in [0.2, 0.25) is 0 Å². The number of halogens is 2. The summed E-state index contributed by atoms with van der Waals surface area (Å²) in [4.78, 5) is 32.5. The summed E-state index contributed by atoms with van der Waals surface area (Å²) in [5, 5.41) is 0. The van der Waals surface area contributed by atoms with Gasteiger partial charge in [0.1, 0.15) is 24.1 Å². The van der Waals surface area contributed by atoms with Gasteiger partial charge in [0, 0.05) is 9.13 Å². The van der Waals surface area contributed by atoms with Crippen LogP contribution >= 0.6 is 56.5 Å². The predicted octanol–water partition coefficient (Wildman–Crippen LogP) is 6.37. The quantitative estimate of drug-likeness (QED) is 0.145. The molecule has 1 atom stereocenters. The number of carbonyl (C=O) groups excluding carboxylic acids is 1. The zero-order chi connectivity index (χ0) is 30.7. The molecule has 1 aromatic heterocycles. The Labute approximate surface area is 281 Å². The number of fused-ring (bicyclic) bond motifs is 1. The Morgan fingerprint density at radius 2 is 1.81 bits per heavy atom. The molecule has 1 aliphatic heterocycles. The molecule has 5 rings (SSSR count). The standard InChI is InChI=1S/C33H30I2N2O5S/c1-5-40-32(39)29-20(4)36-33-37(30(29)24-8-6-7-9-26(24)42-19(2)3)31(38)28(43-33)17-22-12-15-27(25(35)16-22)41-18-21-10-13-23(34)14-11-21/h6-17,19,30H,5,18H2,1-4H3/b28-17+/t30-/m1/s1. The van der Waals surface area contributed by atoms with Crippen LogP contribution in [0.4, 0.5) is 0 Å². The third-order valence-electron chi connectivity index (χ3n) is 6.65. The van der Waals surface area contributed by atoms with Crippen LogP contribution in [0.15, 0.2) is 87.8 Å². The molecule has 222 valence electrons. The minimum Gasteiger partial charge on any atom is -0.491 e. The van der Waals surface area contributed by atoms with Gasteiger partial charge < -0.3 is 14.2 Å². The number of para-hydroxylation sites is 1. The van der Waals surface area contributed by atoms with Crippen molar-refractivity contribution in [1.29, 1.82) is 0 Å². The molecule has 3 aromatic carbocycles. The molecule has 43 heavy (non-hydrogen) atoms. The minimum absolute atomic E-state index is 0.0981. The molecule has 0 bridgehead atoms. The molecule has 0 saturated carbocycles. The first-order valence-electron chi connectivity index (χ1n) is 13.8. The van der Waals surface area contributed by atoms with Gasteiger partial charge in [0.25, 0.3) is 5.56 Å². The first kappa shape index (κ1) is 31.5. The zero-order valence-corrected chi connectivity index (χ0v) is 29.2. The van der Waals surface area contributed by atoms with E-state index in [0.717, 1.165) is 20.4 Å². The summed E-state index contributed by atoms with van der Waals surface area (Å²) in [6.07, 6.45) is 1.75. The number of allylic oxidation sites excluding steroid dienone is 1. The van der Waals surface area contributed by atoms with Gasteiger partial charge in [0.15, 0.2) is 4.80 Å². The van der Waals surface area contributed by atoms with Crippen LogP contribution in [0.5, 0.6) is 11.5 Å². The molecule has 0 N–H and O–H groups in total. The smallest absolute Gasteiger partial charge is 0.338 e. The zero-order valence-electron chi connectivity index (χ0n) is 24.1. The van der Waals surface area contributed by atoms with Crippen molar-refractivity contribution in [3.8, 4) is 11.5 Å². The van der Waals surface area contributed by atoms with E-state index in [4.69, 9.17) is 14.2 Å². The van der Waals surface area contributed by atoms with E-state index in [1.807, 2.05) is 62.4 Å². The van der Waals surface area contributed by atoms with Crippen LogP contribution in [0.3, 0.4) is 0 Å². The lowest BCUT2D eigenvalue weighted by atomic mass is 9.95. The second-order valence-electron chi connectivity index (χ2n) is 10.1. The van der Waals surface area contributed by atoms with Gasteiger partial charge in [-0.2, -0.15) is 0 Å². The van der Waals surface area contributed by atoms with Crippen molar-refractivity contribution in [2.24, 2.45) is 4.99 Å². The Hall–Kier alpha value is -2.97. The van der Waals surface area contributed by atoms with Gasteiger partial charge in [0.05, 0.1) is 32.1 Å². The first-order chi connectivity index (χ1) is 20.7. The fraction of sp³-hybridized carbons (Fsp3) is 0.242. The number of rotatable bonds is 9. The van der Waals surface area contributed by atoms with E-state index in [0.29, 0.717) is 38.5 Å². The lowest BCUT2D eigenvalue weighted by Crippen LogP contribution is -2.40. The molecular formula is C33H30I2N2O5S. The number of ether oxygens (including phenoxy) is 3. The Balaban J connectivity index is 1.55. The average molecular weight is 820 g/mol. The van der Waals surface area contributed by atoms with Crippen LogP contribution in [0.1, 0.15) is 50.4 Å². The molecule has 1 aliphatic rings. The molecule has 0 spiro atoms. The van der Waals surface area contributed by atoms with Gasteiger partial charge in [-0.25, -0.2) is 9.79 Å². The highest BCUT2D eigenvalue weighted by molar-refractivity contribution is 14.1. The number of nitrogens with zero attached hydrogens (tertiary/aromatic N) is 2. The Bertz CT molecular complexity index is 1880. The van der Waals surface area contributed by atoms with Crippen molar-refractivity contribution in [1.82, 2.24) is 4.57 Å². The van der Waals surface area contributed by atoms with Gasteiger partial charge in [-0.3, -0.25) is 9.36 Å². The highest BCUT2D eigenvalue weighted by atomic mass is 127. The summed E-state index contributed by atoms with van der Waals surface area (Å²) in [7, 11) is 0. The highest BCUT2D eigenvalue weighted by Gasteiger charge is 2.35. The maximum Gasteiger partial charge on any atom is 0.338 e. The lowest BCUT2D eigenvalue weighted by Gasteiger charge is -2.26. The molecule has 2 heterocycles. The normalized spacial score (nSPS) is 14.9. The average Bonchev–Trinajstić information content (AvgIpc) is 3.26. The van der Waals surface area contributed by atoms with E-state index in [2.05, 4.69) is 74.4 Å². The fourth-order valence-electron chi connectivity index (χ4n) is 4.77. The summed E-state index contributed by atoms with van der Waals surface area (Å²) >= 11 is 5.82. The number of thiazole rings is 1. The van der Waals surface area contributed by atoms with Gasteiger partial charge in [-0.05, 0) is 120 Å². The molecule has 4 aromatic rings. The van der Waals surface area contributed by atoms with Crippen molar-refractivity contribution in [3.63, 3.8) is 0 Å². The number of hydrogen-bond donors (Lipinski definition) is 0. The summed E-state index contributed by atoms with van der Waals surface area (Å²) in [5.41, 5.74) is 3.25. The Kier molecular flexibility index (Phi) is 10.1. The number of benzene rings is 3. The Morgan fingerprint density at radius 3 is 2.51 bits per heavy atom. The second kappa shape index (κ2) is 13.8. The van der Waals surface area contributed by atoms with E-state index in [1.165, 1.54) is 14.9 Å². The molecule has 7 nitrogen and oxygen atoms in total. The maximum atomic E-state index is 14.0. The number of carbonyl (C=O) groups is 1. The molecule has 10 heteroatoms. The van der Waals surface area contributed by atoms with E-state index in [9.17, 15) is 9.59 Å². The SMILES string of the molecule is CCOC(=O)C1=C(C)N=c2s/c(=C/c3ccc(OCc4ccc(I)cc4)c(I)c3)c(=O)n2[C@@H]1c1ccccc1OC(C)C. The molecule has 0 saturated heterocycles. The summed E-state index contributed by atoms with van der Waals surface area (Å²) in [5.74, 6) is 0.871. The van der Waals surface area contributed by atoms with Gasteiger partial charge in [-0.1, -0.05) is 47.7 Å². The van der Waals surface area contributed by atoms with Crippen LogP contribution in [0.25, 0.3) is 6.08 Å². The minimum atomic E-state index is -0.746. The largest absolute Gasteiger partial charge is 0.491 e. The van der Waals surface area contributed by atoms with E-state index in [-0.39, 0.29) is 18.3 Å². The van der Waals surface area contributed by atoms with E-state index < -0.39 is 12.0 Å². The second-order valence-corrected chi connectivity index (χ2v) is 13.5. The first-order valence-corrected chi connectivity index (χ1v) is 16.8. The van der Waals surface area contributed by atoms with Crippen LogP contribution in [-0.4, -0.2) is 23.2 Å². The van der Waals surface area contributed by atoms with Crippen molar-refractivity contribution in [2.75, 3.05) is 6.61 Å². The number of aromatic nitrogens is 1. The molecule has 0 aliphatic carbocycles. The number of hydrogen-bond acceptors (Lipinski definition) is 7. The van der Waals surface area contributed by atoms with Crippen LogP contribution in [-0.2, 0) is 16.1 Å². The number of esters is 1. The van der Waals surface area contributed by atoms with Crippen molar-refractivity contribution in [2.45, 2.75) is 46.4 Å². The van der Waals surface area contributed by atoms with E-state index >= 15 is 0 Å². The van der Waals surface area contributed by atoms with Crippen molar-refractivity contribution < 1.29 is 19.0 Å². The van der Waals surface area contributed by atoms with Gasteiger partial charge >= 0.3 is 5.97 Å². The summed E-state index contributed by atoms with van der Waals surface area (Å²) in [6, 6.07) is 20.8. The maximum absolute atomic E-state index is 14.0. The topological polar surface area (TPSA) is 79.1 Å². The van der Waals surface area contributed by atoms with Crippen LogP contribution < -0.4 is 24.4 Å². The van der Waals surface area contributed by atoms with Gasteiger partial charge in [-0.15, -0.1) is 0 Å². The third-order valence-corrected chi connectivity index (χ3v) is 9.20. The van der Waals surface area contributed by atoms with E-state index in [1.54, 1.807) is 18.4 Å². The molecular weight excluding hydrogens is 790 g/mol.